The van der Waals surface area contributed by atoms with Gasteiger partial charge in [0.25, 0.3) is 5.91 Å². The van der Waals surface area contributed by atoms with Crippen LogP contribution in [0.25, 0.3) is 20.8 Å². The van der Waals surface area contributed by atoms with Gasteiger partial charge in [-0.3, -0.25) is 9.69 Å². The molecule has 0 atom stereocenters. The molecule has 1 amide bonds. The van der Waals surface area contributed by atoms with Gasteiger partial charge in [-0.15, -0.1) is 22.7 Å². The number of aromatic nitrogens is 1. The van der Waals surface area contributed by atoms with Crippen LogP contribution in [0.5, 0.6) is 0 Å². The molecule has 0 saturated heterocycles. The van der Waals surface area contributed by atoms with E-state index in [2.05, 4.69) is 39.1 Å². The van der Waals surface area contributed by atoms with E-state index < -0.39 is 0 Å². The Bertz CT molecular complexity index is 1200. The van der Waals surface area contributed by atoms with Gasteiger partial charge in [0.15, 0.2) is 0 Å². The molecule has 2 aromatic carbocycles. The number of thiophene rings is 1. The largest absolute Gasteiger partial charge is 0.313 e. The van der Waals surface area contributed by atoms with Crippen molar-refractivity contribution < 1.29 is 4.79 Å². The zero-order valence-electron chi connectivity index (χ0n) is 16.4. The third-order valence-electron chi connectivity index (χ3n) is 5.42. The molecule has 3 heterocycles. The topological polar surface area (TPSA) is 45.2 Å². The molecule has 1 N–H and O–H groups in total. The van der Waals surface area contributed by atoms with Crippen LogP contribution in [0.2, 0.25) is 0 Å². The Balaban J connectivity index is 1.58. The monoisotopic (exact) mass is 497 g/mol. The summed E-state index contributed by atoms with van der Waals surface area (Å²) in [7, 11) is 0. The highest BCUT2D eigenvalue weighted by Gasteiger charge is 2.27. The van der Waals surface area contributed by atoms with E-state index in [-0.39, 0.29) is 5.91 Å². The number of anilines is 1. The molecule has 0 saturated carbocycles. The number of nitrogens with one attached hydrogen (secondary N) is 1. The van der Waals surface area contributed by atoms with Crippen LogP contribution in [-0.2, 0) is 13.0 Å². The number of benzene rings is 2. The van der Waals surface area contributed by atoms with Crippen molar-refractivity contribution in [1.82, 2.24) is 9.88 Å². The maximum Gasteiger partial charge on any atom is 0.256 e. The number of rotatable bonds is 4. The Morgan fingerprint density at radius 2 is 1.97 bits per heavy atom. The smallest absolute Gasteiger partial charge is 0.256 e. The summed E-state index contributed by atoms with van der Waals surface area (Å²) < 4.78 is 2.13. The number of hydrogen-bond acceptors (Lipinski definition) is 5. The maximum absolute atomic E-state index is 13.0. The Morgan fingerprint density at radius 3 is 2.73 bits per heavy atom. The number of nitrogens with zero attached hydrogens (tertiary/aromatic N) is 2. The van der Waals surface area contributed by atoms with Crippen molar-refractivity contribution in [1.29, 1.82) is 0 Å². The second kappa shape index (κ2) is 8.23. The van der Waals surface area contributed by atoms with Crippen molar-refractivity contribution in [2.45, 2.75) is 19.9 Å². The van der Waals surface area contributed by atoms with E-state index in [4.69, 9.17) is 4.98 Å². The average Bonchev–Trinajstić information content (AvgIpc) is 3.33. The predicted octanol–water partition coefficient (Wildman–Crippen LogP) is 6.42. The Labute approximate surface area is 191 Å². The van der Waals surface area contributed by atoms with Crippen molar-refractivity contribution in [3.63, 3.8) is 0 Å². The third-order valence-corrected chi connectivity index (χ3v) is 8.14. The number of halogens is 1. The van der Waals surface area contributed by atoms with Crippen LogP contribution in [0.15, 0.2) is 53.0 Å². The van der Waals surface area contributed by atoms with Crippen LogP contribution in [-0.4, -0.2) is 28.9 Å². The van der Waals surface area contributed by atoms with E-state index in [0.29, 0.717) is 5.56 Å². The number of hydrogen-bond donors (Lipinski definition) is 1. The molecule has 4 nitrogen and oxygen atoms in total. The van der Waals surface area contributed by atoms with E-state index in [1.54, 1.807) is 22.7 Å². The lowest BCUT2D eigenvalue weighted by atomic mass is 10.0. The lowest BCUT2D eigenvalue weighted by Gasteiger charge is -2.25. The molecule has 30 heavy (non-hydrogen) atoms. The Morgan fingerprint density at radius 1 is 1.17 bits per heavy atom. The fourth-order valence-corrected chi connectivity index (χ4v) is 6.46. The molecule has 0 unspecified atom stereocenters. The van der Waals surface area contributed by atoms with Gasteiger partial charge in [-0.2, -0.15) is 0 Å². The molecular weight excluding hydrogens is 478 g/mol. The standard InChI is InChI=1S/C23H20BrN3OS2/c1-2-27-12-11-16-19(13-27)30-23(26-21(28)14-7-9-15(24)10-8-14)20(16)22-25-17-5-3-4-6-18(17)29-22/h3-10H,2,11-13H2,1H3,(H,26,28). The zero-order chi connectivity index (χ0) is 20.7. The maximum atomic E-state index is 13.0. The van der Waals surface area contributed by atoms with Gasteiger partial charge in [0.2, 0.25) is 0 Å². The fourth-order valence-electron chi connectivity index (χ4n) is 3.80. The minimum atomic E-state index is -0.0872. The van der Waals surface area contributed by atoms with Crippen molar-refractivity contribution >= 4 is 59.7 Å². The summed E-state index contributed by atoms with van der Waals surface area (Å²) in [5.74, 6) is -0.0872. The molecule has 7 heteroatoms. The number of thiazole rings is 1. The number of amides is 1. The first kappa shape index (κ1) is 19.9. The summed E-state index contributed by atoms with van der Waals surface area (Å²) in [6, 6.07) is 15.7. The minimum Gasteiger partial charge on any atom is -0.313 e. The summed E-state index contributed by atoms with van der Waals surface area (Å²) in [4.78, 5) is 21.7. The highest BCUT2D eigenvalue weighted by atomic mass is 79.9. The fraction of sp³-hybridized carbons (Fsp3) is 0.217. The van der Waals surface area contributed by atoms with E-state index in [9.17, 15) is 4.79 Å². The molecule has 4 aromatic rings. The Kier molecular flexibility index (Phi) is 5.45. The van der Waals surface area contributed by atoms with E-state index in [1.165, 1.54) is 15.1 Å². The van der Waals surface area contributed by atoms with Gasteiger partial charge in [0.1, 0.15) is 10.0 Å². The first-order chi connectivity index (χ1) is 14.6. The minimum absolute atomic E-state index is 0.0872. The van der Waals surface area contributed by atoms with Gasteiger partial charge < -0.3 is 5.32 Å². The zero-order valence-corrected chi connectivity index (χ0v) is 19.7. The summed E-state index contributed by atoms with van der Waals surface area (Å²) in [6.45, 7) is 5.21. The van der Waals surface area contributed by atoms with E-state index in [0.717, 1.165) is 51.6 Å². The lowest BCUT2D eigenvalue weighted by Crippen LogP contribution is -2.29. The van der Waals surface area contributed by atoms with Crippen LogP contribution in [0.3, 0.4) is 0 Å². The number of fused-ring (bicyclic) bond motifs is 2. The van der Waals surface area contributed by atoms with Crippen molar-refractivity contribution in [3.8, 4) is 10.6 Å². The van der Waals surface area contributed by atoms with Gasteiger partial charge in [-0.25, -0.2) is 4.98 Å². The van der Waals surface area contributed by atoms with E-state index >= 15 is 0 Å². The predicted molar refractivity (Wildman–Crippen MR) is 130 cm³/mol. The molecular formula is C23H20BrN3OS2. The normalized spacial score (nSPS) is 14.1. The summed E-state index contributed by atoms with van der Waals surface area (Å²) in [6.07, 6.45) is 0.985. The van der Waals surface area contributed by atoms with Gasteiger partial charge in [0, 0.05) is 33.6 Å². The van der Waals surface area contributed by atoms with Gasteiger partial charge >= 0.3 is 0 Å². The molecule has 2 aromatic heterocycles. The van der Waals surface area contributed by atoms with E-state index in [1.807, 2.05) is 42.5 Å². The van der Waals surface area contributed by atoms with Crippen LogP contribution in [0, 0.1) is 0 Å². The average molecular weight is 498 g/mol. The first-order valence-corrected chi connectivity index (χ1v) is 12.3. The summed E-state index contributed by atoms with van der Waals surface area (Å²) in [5, 5.41) is 5.09. The molecule has 0 spiro atoms. The van der Waals surface area contributed by atoms with Crippen LogP contribution in [0.1, 0.15) is 27.7 Å². The molecule has 0 radical (unpaired) electrons. The second-order valence-electron chi connectivity index (χ2n) is 7.27. The summed E-state index contributed by atoms with van der Waals surface area (Å²) in [5.41, 5.74) is 4.11. The van der Waals surface area contributed by atoms with Gasteiger partial charge in [0.05, 0.1) is 10.2 Å². The van der Waals surface area contributed by atoms with Crippen molar-refractivity contribution in [3.05, 3.63) is 69.0 Å². The van der Waals surface area contributed by atoms with Gasteiger partial charge in [-0.05, 0) is 54.9 Å². The highest BCUT2D eigenvalue weighted by Crippen LogP contribution is 2.45. The first-order valence-electron chi connectivity index (χ1n) is 9.92. The third kappa shape index (κ3) is 3.71. The molecule has 0 aliphatic carbocycles. The van der Waals surface area contributed by atoms with Crippen LogP contribution >= 0.6 is 38.6 Å². The number of carbonyl (C=O) groups excluding carboxylic acids is 1. The molecule has 1 aliphatic heterocycles. The van der Waals surface area contributed by atoms with Crippen LogP contribution < -0.4 is 5.32 Å². The number of para-hydroxylation sites is 1. The molecule has 0 fully saturated rings. The summed E-state index contributed by atoms with van der Waals surface area (Å²) >= 11 is 6.82. The van der Waals surface area contributed by atoms with Gasteiger partial charge in [-0.1, -0.05) is 35.0 Å². The lowest BCUT2D eigenvalue weighted by molar-refractivity contribution is 0.102. The molecule has 1 aliphatic rings. The molecule has 5 rings (SSSR count). The molecule has 0 bridgehead atoms. The van der Waals surface area contributed by atoms with Crippen molar-refractivity contribution in [2.24, 2.45) is 0 Å². The van der Waals surface area contributed by atoms with Crippen LogP contribution in [0.4, 0.5) is 5.00 Å². The quantitative estimate of drug-likeness (QED) is 0.353. The second-order valence-corrected chi connectivity index (χ2v) is 10.3. The Hall–Kier alpha value is -2.06. The number of likely N-dealkylation sites (N-methyl/N-ethyl adjacent to an activating group) is 1. The SMILES string of the molecule is CCN1CCc2c(sc(NC(=O)c3ccc(Br)cc3)c2-c2nc3ccccc3s2)C1. The number of carbonyl (C=O) groups is 1. The van der Waals surface area contributed by atoms with Crippen molar-refractivity contribution in [2.75, 3.05) is 18.4 Å². The molecule has 152 valence electrons. The highest BCUT2D eigenvalue weighted by molar-refractivity contribution is 9.10.